The number of nitrogens with zero attached hydrogens (tertiary/aromatic N) is 3. The lowest BCUT2D eigenvalue weighted by atomic mass is 10.0. The molecular formula is C21H28FN5O4. The van der Waals surface area contributed by atoms with E-state index in [-0.39, 0.29) is 34.9 Å². The van der Waals surface area contributed by atoms with Crippen molar-refractivity contribution < 1.29 is 13.9 Å². The molecule has 2 aromatic rings. The number of alkyl carbamates (subject to hydrolysis) is 1. The molecule has 3 heterocycles. The maximum atomic E-state index is 14.9. The molecule has 31 heavy (non-hydrogen) atoms. The van der Waals surface area contributed by atoms with E-state index in [1.165, 1.54) is 4.57 Å². The number of pyridine rings is 1. The SMILES string of the molecule is C[C@H](NC(=O)OC(C)(C)C)[C@@H]1CCN(c2nc3c(cc2F)c(=O)[nH]c(=O)n3C2CC2)C1. The number of nitrogens with one attached hydrogen (secondary N) is 2. The van der Waals surface area contributed by atoms with E-state index in [2.05, 4.69) is 15.3 Å². The van der Waals surface area contributed by atoms with Crippen LogP contribution in [0.4, 0.5) is 15.0 Å². The summed E-state index contributed by atoms with van der Waals surface area (Å²) in [7, 11) is 0. The van der Waals surface area contributed by atoms with Crippen LogP contribution in [0.3, 0.4) is 0 Å². The van der Waals surface area contributed by atoms with E-state index >= 15 is 0 Å². The Balaban J connectivity index is 1.56. The Morgan fingerprint density at radius 2 is 2.03 bits per heavy atom. The number of carbonyl (C=O) groups is 1. The summed E-state index contributed by atoms with van der Waals surface area (Å²) < 4.78 is 21.7. The number of aromatic amines is 1. The lowest BCUT2D eigenvalue weighted by molar-refractivity contribution is 0.0494. The molecule has 1 saturated heterocycles. The molecule has 2 fully saturated rings. The third-order valence-corrected chi connectivity index (χ3v) is 5.74. The highest BCUT2D eigenvalue weighted by Crippen LogP contribution is 2.36. The van der Waals surface area contributed by atoms with Crippen molar-refractivity contribution in [2.24, 2.45) is 5.92 Å². The van der Waals surface area contributed by atoms with Gasteiger partial charge in [0.1, 0.15) is 5.60 Å². The quantitative estimate of drug-likeness (QED) is 0.766. The number of aromatic nitrogens is 3. The van der Waals surface area contributed by atoms with Crippen molar-refractivity contribution in [3.63, 3.8) is 0 Å². The standard InChI is InChI=1S/C21H28FN5O4/c1-11(23-20(30)31-21(2,3)4)12-7-8-26(10-12)17-15(22)9-14-16(24-17)27(13-5-6-13)19(29)25-18(14)28/h9,11-13H,5-8,10H2,1-4H3,(H,23,30)(H,25,28,29)/t11-,12+/m0/s1. The number of rotatable bonds is 4. The summed E-state index contributed by atoms with van der Waals surface area (Å²) in [4.78, 5) is 45.0. The van der Waals surface area contributed by atoms with Gasteiger partial charge in [0, 0.05) is 25.2 Å². The molecule has 1 aliphatic carbocycles. The second-order valence-electron chi connectivity index (χ2n) is 9.46. The van der Waals surface area contributed by atoms with Crippen molar-refractivity contribution in [2.45, 2.75) is 64.6 Å². The van der Waals surface area contributed by atoms with E-state index in [4.69, 9.17) is 4.74 Å². The summed E-state index contributed by atoms with van der Waals surface area (Å²) in [5, 5.41) is 2.92. The van der Waals surface area contributed by atoms with Crippen LogP contribution in [0.5, 0.6) is 0 Å². The van der Waals surface area contributed by atoms with Crippen molar-refractivity contribution in [1.82, 2.24) is 19.9 Å². The van der Waals surface area contributed by atoms with Crippen molar-refractivity contribution >= 4 is 22.9 Å². The molecule has 2 aliphatic rings. The largest absolute Gasteiger partial charge is 0.444 e. The molecule has 0 aromatic carbocycles. The summed E-state index contributed by atoms with van der Waals surface area (Å²) in [6.07, 6.45) is 1.91. The first-order valence-corrected chi connectivity index (χ1v) is 10.6. The van der Waals surface area contributed by atoms with Gasteiger partial charge < -0.3 is 15.0 Å². The molecule has 4 rings (SSSR count). The van der Waals surface area contributed by atoms with Gasteiger partial charge in [-0.1, -0.05) is 0 Å². The molecular weight excluding hydrogens is 405 g/mol. The highest BCUT2D eigenvalue weighted by molar-refractivity contribution is 5.76. The van der Waals surface area contributed by atoms with Crippen molar-refractivity contribution in [1.29, 1.82) is 0 Å². The number of ether oxygens (including phenoxy) is 1. The molecule has 2 aromatic heterocycles. The first-order chi connectivity index (χ1) is 14.5. The molecule has 168 valence electrons. The van der Waals surface area contributed by atoms with Gasteiger partial charge in [0.15, 0.2) is 17.3 Å². The van der Waals surface area contributed by atoms with Gasteiger partial charge >= 0.3 is 11.8 Å². The van der Waals surface area contributed by atoms with Gasteiger partial charge in [0.2, 0.25) is 0 Å². The predicted octanol–water partition coefficient (Wildman–Crippen LogP) is 2.30. The van der Waals surface area contributed by atoms with Crippen LogP contribution >= 0.6 is 0 Å². The fourth-order valence-corrected chi connectivity index (χ4v) is 4.03. The molecule has 2 N–H and O–H groups in total. The monoisotopic (exact) mass is 433 g/mol. The zero-order valence-corrected chi connectivity index (χ0v) is 18.2. The number of amides is 1. The predicted molar refractivity (Wildman–Crippen MR) is 114 cm³/mol. The van der Waals surface area contributed by atoms with Crippen LogP contribution in [0.15, 0.2) is 15.7 Å². The van der Waals surface area contributed by atoms with E-state index in [0.717, 1.165) is 25.3 Å². The molecule has 1 amide bonds. The molecule has 0 unspecified atom stereocenters. The average Bonchev–Trinajstić information content (AvgIpc) is 3.35. The van der Waals surface area contributed by atoms with Crippen LogP contribution in [-0.2, 0) is 4.74 Å². The van der Waals surface area contributed by atoms with E-state index < -0.39 is 28.8 Å². The number of carbonyl (C=O) groups excluding carboxylic acids is 1. The zero-order valence-electron chi connectivity index (χ0n) is 18.2. The number of anilines is 1. The van der Waals surface area contributed by atoms with E-state index in [1.54, 1.807) is 25.7 Å². The van der Waals surface area contributed by atoms with Crippen LogP contribution in [0.25, 0.3) is 11.0 Å². The Morgan fingerprint density at radius 3 is 2.68 bits per heavy atom. The first-order valence-electron chi connectivity index (χ1n) is 10.6. The molecule has 0 bridgehead atoms. The lowest BCUT2D eigenvalue weighted by Gasteiger charge is -2.25. The van der Waals surface area contributed by atoms with Crippen molar-refractivity contribution in [2.75, 3.05) is 18.0 Å². The van der Waals surface area contributed by atoms with E-state index in [1.807, 2.05) is 6.92 Å². The van der Waals surface area contributed by atoms with Gasteiger partial charge in [-0.15, -0.1) is 0 Å². The molecule has 9 nitrogen and oxygen atoms in total. The Bertz CT molecular complexity index is 1130. The first kappa shape index (κ1) is 21.3. The Labute approximate surface area is 178 Å². The topological polar surface area (TPSA) is 109 Å². The summed E-state index contributed by atoms with van der Waals surface area (Å²) in [6.45, 7) is 8.34. The summed E-state index contributed by atoms with van der Waals surface area (Å²) in [5.41, 5.74) is -1.52. The molecule has 1 aliphatic heterocycles. The smallest absolute Gasteiger partial charge is 0.407 e. The highest BCUT2D eigenvalue weighted by Gasteiger charge is 2.33. The van der Waals surface area contributed by atoms with E-state index in [0.29, 0.717) is 13.1 Å². The van der Waals surface area contributed by atoms with Crippen molar-refractivity contribution in [3.05, 3.63) is 32.7 Å². The fraction of sp³-hybridized carbons (Fsp3) is 0.619. The molecule has 2 atom stereocenters. The highest BCUT2D eigenvalue weighted by atomic mass is 19.1. The van der Waals surface area contributed by atoms with Crippen LogP contribution in [0, 0.1) is 11.7 Å². The summed E-state index contributed by atoms with van der Waals surface area (Å²) in [6, 6.07) is 0.975. The maximum absolute atomic E-state index is 14.9. The molecule has 10 heteroatoms. The van der Waals surface area contributed by atoms with Crippen LogP contribution < -0.4 is 21.5 Å². The van der Waals surface area contributed by atoms with Gasteiger partial charge in [-0.3, -0.25) is 14.3 Å². The summed E-state index contributed by atoms with van der Waals surface area (Å²) in [5.74, 6) is -0.402. The van der Waals surface area contributed by atoms with Gasteiger partial charge in [-0.25, -0.2) is 19.0 Å². The lowest BCUT2D eigenvalue weighted by Crippen LogP contribution is -2.42. The van der Waals surface area contributed by atoms with Crippen LogP contribution in [-0.4, -0.2) is 45.4 Å². The van der Waals surface area contributed by atoms with Gasteiger partial charge in [-0.2, -0.15) is 0 Å². The Kier molecular flexibility index (Phi) is 5.26. The van der Waals surface area contributed by atoms with Gasteiger partial charge in [0.05, 0.1) is 5.39 Å². The average molecular weight is 433 g/mol. The molecule has 1 saturated carbocycles. The summed E-state index contributed by atoms with van der Waals surface area (Å²) >= 11 is 0. The van der Waals surface area contributed by atoms with Crippen LogP contribution in [0.2, 0.25) is 0 Å². The number of H-pyrrole nitrogens is 1. The minimum atomic E-state index is -0.635. The minimum absolute atomic E-state index is 0.0120. The third kappa shape index (κ3) is 4.42. The Morgan fingerprint density at radius 1 is 1.32 bits per heavy atom. The zero-order chi connectivity index (χ0) is 22.5. The second-order valence-corrected chi connectivity index (χ2v) is 9.46. The number of halogens is 1. The molecule has 0 spiro atoms. The maximum Gasteiger partial charge on any atom is 0.407 e. The van der Waals surface area contributed by atoms with E-state index in [9.17, 15) is 18.8 Å². The second kappa shape index (κ2) is 7.65. The van der Waals surface area contributed by atoms with Gasteiger partial charge in [0.25, 0.3) is 5.56 Å². The van der Waals surface area contributed by atoms with Crippen LogP contribution in [0.1, 0.15) is 53.0 Å². The van der Waals surface area contributed by atoms with Gasteiger partial charge in [-0.05, 0) is 58.9 Å². The normalized spacial score (nSPS) is 20.2. The number of hydrogen-bond acceptors (Lipinski definition) is 6. The molecule has 0 radical (unpaired) electrons. The Hall–Kier alpha value is -2.91. The minimum Gasteiger partial charge on any atom is -0.444 e. The fourth-order valence-electron chi connectivity index (χ4n) is 4.03. The number of fused-ring (bicyclic) bond motifs is 1. The van der Waals surface area contributed by atoms with Crippen molar-refractivity contribution in [3.8, 4) is 0 Å². The third-order valence-electron chi connectivity index (χ3n) is 5.74. The number of hydrogen-bond donors (Lipinski definition) is 2.